The number of piperidine rings is 1. The zero-order valence-electron chi connectivity index (χ0n) is 22.4. The molecule has 1 saturated heterocycles. The molecular formula is C32H33N5O3. The van der Waals surface area contributed by atoms with E-state index in [1.54, 1.807) is 10.6 Å². The van der Waals surface area contributed by atoms with E-state index in [4.69, 9.17) is 0 Å². The monoisotopic (exact) mass is 535 g/mol. The van der Waals surface area contributed by atoms with Gasteiger partial charge in [0.2, 0.25) is 0 Å². The Labute approximate surface area is 233 Å². The van der Waals surface area contributed by atoms with Gasteiger partial charge in [-0.25, -0.2) is 0 Å². The maximum Gasteiger partial charge on any atom is 0.272 e. The molecule has 0 spiro atoms. The normalized spacial score (nSPS) is 16.8. The molecular weight excluding hydrogens is 502 g/mol. The average Bonchev–Trinajstić information content (AvgIpc) is 3.60. The first kappa shape index (κ1) is 25.7. The molecule has 204 valence electrons. The summed E-state index contributed by atoms with van der Waals surface area (Å²) in [4.78, 5) is 27.7. The summed E-state index contributed by atoms with van der Waals surface area (Å²) < 4.78 is 1.79. The highest BCUT2D eigenvalue weighted by Crippen LogP contribution is 2.38. The summed E-state index contributed by atoms with van der Waals surface area (Å²) in [5.74, 6) is -0.106. The van der Waals surface area contributed by atoms with E-state index < -0.39 is 0 Å². The van der Waals surface area contributed by atoms with Gasteiger partial charge in [0.05, 0.1) is 6.10 Å². The third kappa shape index (κ3) is 5.31. The van der Waals surface area contributed by atoms with Crippen molar-refractivity contribution in [2.75, 3.05) is 40.5 Å². The molecule has 6 rings (SSSR count). The third-order valence-electron chi connectivity index (χ3n) is 7.89. The first-order valence-electron chi connectivity index (χ1n) is 13.7. The molecule has 2 amide bonds. The van der Waals surface area contributed by atoms with Gasteiger partial charge in [0.15, 0.2) is 0 Å². The van der Waals surface area contributed by atoms with Crippen LogP contribution < -0.4 is 20.9 Å². The Morgan fingerprint density at radius 2 is 1.57 bits per heavy atom. The summed E-state index contributed by atoms with van der Waals surface area (Å²) in [6, 6.07) is 25.2. The van der Waals surface area contributed by atoms with Crippen molar-refractivity contribution >= 4 is 34.6 Å². The highest BCUT2D eigenvalue weighted by atomic mass is 16.3. The Kier molecular flexibility index (Phi) is 7.00. The van der Waals surface area contributed by atoms with Crippen molar-refractivity contribution in [1.29, 1.82) is 0 Å². The van der Waals surface area contributed by atoms with Crippen LogP contribution in [-0.4, -0.2) is 47.2 Å². The number of hydrogen-bond acceptors (Lipinski definition) is 5. The number of aliphatic hydroxyl groups excluding tert-OH is 1. The van der Waals surface area contributed by atoms with E-state index in [2.05, 4.69) is 39.0 Å². The fourth-order valence-electron chi connectivity index (χ4n) is 5.55. The zero-order chi connectivity index (χ0) is 27.6. The SMILES string of the molecule is Cn1cccc1C(=O)Nc1ccc2c(c1)NCC2c1ccc(NC(=O)c2ccc(N3CCC(O)CC3)cc2)cc1. The van der Waals surface area contributed by atoms with Gasteiger partial charge in [0.1, 0.15) is 5.69 Å². The summed E-state index contributed by atoms with van der Waals surface area (Å²) in [7, 11) is 1.85. The van der Waals surface area contributed by atoms with E-state index in [1.165, 1.54) is 5.56 Å². The smallest absolute Gasteiger partial charge is 0.272 e. The summed E-state index contributed by atoms with van der Waals surface area (Å²) in [5, 5.41) is 19.2. The van der Waals surface area contributed by atoms with Crippen LogP contribution in [0.4, 0.5) is 22.7 Å². The quantitative estimate of drug-likeness (QED) is 0.277. The van der Waals surface area contributed by atoms with Gasteiger partial charge in [-0.3, -0.25) is 9.59 Å². The number of benzene rings is 3. The lowest BCUT2D eigenvalue weighted by Gasteiger charge is -2.31. The van der Waals surface area contributed by atoms with Crippen LogP contribution in [0.2, 0.25) is 0 Å². The lowest BCUT2D eigenvalue weighted by Crippen LogP contribution is -2.35. The number of fused-ring (bicyclic) bond motifs is 1. The molecule has 4 aromatic rings. The molecule has 1 aromatic heterocycles. The zero-order valence-corrected chi connectivity index (χ0v) is 22.4. The van der Waals surface area contributed by atoms with E-state index in [9.17, 15) is 14.7 Å². The Balaban J connectivity index is 1.08. The van der Waals surface area contributed by atoms with E-state index in [0.717, 1.165) is 60.8 Å². The number of anilines is 4. The van der Waals surface area contributed by atoms with Crippen molar-refractivity contribution < 1.29 is 14.7 Å². The lowest BCUT2D eigenvalue weighted by molar-refractivity contribution is 0.101. The minimum Gasteiger partial charge on any atom is -0.393 e. The molecule has 8 nitrogen and oxygen atoms in total. The van der Waals surface area contributed by atoms with Crippen LogP contribution in [-0.2, 0) is 7.05 Å². The van der Waals surface area contributed by atoms with Crippen LogP contribution in [0.1, 0.15) is 50.7 Å². The van der Waals surface area contributed by atoms with Crippen LogP contribution >= 0.6 is 0 Å². The fraction of sp³-hybridized carbons (Fsp3) is 0.250. The van der Waals surface area contributed by atoms with Crippen molar-refractivity contribution in [2.24, 2.45) is 7.05 Å². The molecule has 40 heavy (non-hydrogen) atoms. The molecule has 3 aromatic carbocycles. The molecule has 8 heteroatoms. The van der Waals surface area contributed by atoms with Crippen LogP contribution in [0.3, 0.4) is 0 Å². The van der Waals surface area contributed by atoms with Gasteiger partial charge in [0, 0.05) is 67.1 Å². The van der Waals surface area contributed by atoms with Crippen molar-refractivity contribution in [3.63, 3.8) is 0 Å². The van der Waals surface area contributed by atoms with Gasteiger partial charge in [-0.15, -0.1) is 0 Å². The Morgan fingerprint density at radius 3 is 2.27 bits per heavy atom. The molecule has 0 saturated carbocycles. The molecule has 2 aliphatic rings. The summed E-state index contributed by atoms with van der Waals surface area (Å²) >= 11 is 0. The number of aromatic nitrogens is 1. The van der Waals surface area contributed by atoms with Crippen molar-refractivity contribution in [3.8, 4) is 0 Å². The van der Waals surface area contributed by atoms with E-state index in [1.807, 2.05) is 67.8 Å². The lowest BCUT2D eigenvalue weighted by atomic mass is 9.93. The summed E-state index contributed by atoms with van der Waals surface area (Å²) in [6.45, 7) is 2.41. The first-order valence-corrected chi connectivity index (χ1v) is 13.7. The minimum atomic E-state index is -0.209. The Hall–Kier alpha value is -4.56. The third-order valence-corrected chi connectivity index (χ3v) is 7.89. The molecule has 2 aliphatic heterocycles. The molecule has 1 atom stereocenters. The van der Waals surface area contributed by atoms with Crippen molar-refractivity contribution in [2.45, 2.75) is 24.9 Å². The van der Waals surface area contributed by atoms with Gasteiger partial charge >= 0.3 is 0 Å². The number of amides is 2. The number of aryl methyl sites for hydroxylation is 1. The van der Waals surface area contributed by atoms with Crippen LogP contribution in [0.5, 0.6) is 0 Å². The van der Waals surface area contributed by atoms with Gasteiger partial charge in [-0.2, -0.15) is 0 Å². The number of carbonyl (C=O) groups is 2. The number of carbonyl (C=O) groups excluding carboxylic acids is 2. The molecule has 3 heterocycles. The number of nitrogens with zero attached hydrogens (tertiary/aromatic N) is 2. The number of hydrogen-bond donors (Lipinski definition) is 4. The van der Waals surface area contributed by atoms with Gasteiger partial charge < -0.3 is 30.5 Å². The average molecular weight is 536 g/mol. The Bertz CT molecular complexity index is 1520. The van der Waals surface area contributed by atoms with Gasteiger partial charge in [0.25, 0.3) is 11.8 Å². The van der Waals surface area contributed by atoms with Crippen molar-refractivity contribution in [1.82, 2.24) is 4.57 Å². The summed E-state index contributed by atoms with van der Waals surface area (Å²) in [5.41, 5.74) is 7.12. The molecule has 1 fully saturated rings. The predicted molar refractivity (Wildman–Crippen MR) is 158 cm³/mol. The number of nitrogens with one attached hydrogen (secondary N) is 3. The molecule has 1 unspecified atom stereocenters. The van der Waals surface area contributed by atoms with Crippen molar-refractivity contribution in [3.05, 3.63) is 107 Å². The highest BCUT2D eigenvalue weighted by Gasteiger charge is 2.24. The first-order chi connectivity index (χ1) is 19.4. The molecule has 0 aliphatic carbocycles. The second-order valence-corrected chi connectivity index (χ2v) is 10.5. The molecule has 0 bridgehead atoms. The second-order valence-electron chi connectivity index (χ2n) is 10.5. The van der Waals surface area contributed by atoms with Gasteiger partial charge in [-0.1, -0.05) is 18.2 Å². The number of rotatable bonds is 6. The summed E-state index contributed by atoms with van der Waals surface area (Å²) in [6.07, 6.45) is 3.19. The number of aliphatic hydroxyl groups is 1. The van der Waals surface area contributed by atoms with E-state index in [-0.39, 0.29) is 23.8 Å². The maximum atomic E-state index is 12.9. The highest BCUT2D eigenvalue weighted by molar-refractivity contribution is 6.04. The van der Waals surface area contributed by atoms with Crippen LogP contribution in [0.15, 0.2) is 85.1 Å². The molecule has 4 N–H and O–H groups in total. The second kappa shape index (κ2) is 10.9. The van der Waals surface area contributed by atoms with Crippen LogP contribution in [0, 0.1) is 0 Å². The standard InChI is InChI=1S/C32H33N5O3/c1-36-16-2-3-30(36)32(40)35-24-10-13-27-28(20-33-29(27)19-24)21-4-8-23(9-5-21)34-31(39)22-6-11-25(12-7-22)37-17-14-26(38)15-18-37/h2-13,16,19,26,28,33,38H,14-15,17-18,20H2,1H3,(H,34,39)(H,35,40). The van der Waals surface area contributed by atoms with Crippen LogP contribution in [0.25, 0.3) is 0 Å². The topological polar surface area (TPSA) is 98.6 Å². The van der Waals surface area contributed by atoms with E-state index >= 15 is 0 Å². The Morgan fingerprint density at radius 1 is 0.875 bits per heavy atom. The maximum absolute atomic E-state index is 12.9. The van der Waals surface area contributed by atoms with E-state index in [0.29, 0.717) is 11.3 Å². The largest absolute Gasteiger partial charge is 0.393 e. The van der Waals surface area contributed by atoms with Gasteiger partial charge in [-0.05, 0) is 84.6 Å². The predicted octanol–water partition coefficient (Wildman–Crippen LogP) is 5.05. The molecule has 0 radical (unpaired) electrons. The minimum absolute atomic E-state index is 0.140. The fourth-order valence-corrected chi connectivity index (χ4v) is 5.55.